The molecule has 0 aromatic carbocycles. The number of aliphatic hydroxyl groups is 3. The van der Waals surface area contributed by atoms with E-state index >= 15 is 0 Å². The predicted molar refractivity (Wildman–Crippen MR) is 91.4 cm³/mol. The highest BCUT2D eigenvalue weighted by Crippen LogP contribution is 2.74. The minimum atomic E-state index is -0.868. The molecule has 4 saturated carbocycles. The van der Waals surface area contributed by atoms with Crippen molar-refractivity contribution in [3.05, 3.63) is 0 Å². The Hall–Kier alpha value is -0.160. The lowest BCUT2D eigenvalue weighted by molar-refractivity contribution is -0.244. The Morgan fingerprint density at radius 2 is 1.79 bits per heavy atom. The molecular weight excluding hydrogens is 304 g/mol. The summed E-state index contributed by atoms with van der Waals surface area (Å²) in [7, 11) is 1.75. The molecule has 4 aliphatic carbocycles. The smallest absolute Gasteiger partial charge is 0.0941 e. The standard InChI is InChI=1S/C20H34O4/c1-17-7-6-16(22)18(2,24-3)15(17)5-4-13-10-14-11-19(13,17)8-9-20(14,23)12-21/h13-16,21-23H,4-12H2,1-3H3/t13-,14?,15?,16+,17-,18-,19?,20-/m0/s1. The number of hydrogen-bond donors (Lipinski definition) is 3. The van der Waals surface area contributed by atoms with Crippen molar-refractivity contribution in [1.29, 1.82) is 0 Å². The van der Waals surface area contributed by atoms with Gasteiger partial charge in [-0.05, 0) is 86.9 Å². The van der Waals surface area contributed by atoms with Gasteiger partial charge < -0.3 is 20.1 Å². The first-order chi connectivity index (χ1) is 11.3. The first-order valence-electron chi connectivity index (χ1n) is 9.82. The van der Waals surface area contributed by atoms with Gasteiger partial charge in [0, 0.05) is 7.11 Å². The summed E-state index contributed by atoms with van der Waals surface area (Å²) in [6, 6.07) is 0. The van der Waals surface area contributed by atoms with Gasteiger partial charge in [-0.25, -0.2) is 0 Å². The molecule has 0 amide bonds. The number of aliphatic hydroxyl groups excluding tert-OH is 2. The van der Waals surface area contributed by atoms with Crippen LogP contribution in [-0.4, -0.2) is 46.3 Å². The number of ether oxygens (including phenoxy) is 1. The number of rotatable bonds is 2. The Bertz CT molecular complexity index is 524. The minimum absolute atomic E-state index is 0.102. The van der Waals surface area contributed by atoms with Gasteiger partial charge in [0.1, 0.15) is 0 Å². The molecule has 0 radical (unpaired) electrons. The van der Waals surface area contributed by atoms with Crippen LogP contribution >= 0.6 is 0 Å². The summed E-state index contributed by atoms with van der Waals surface area (Å²) in [5.74, 6) is 1.26. The molecule has 3 unspecified atom stereocenters. The van der Waals surface area contributed by atoms with Crippen molar-refractivity contribution in [2.75, 3.05) is 13.7 Å². The highest BCUT2D eigenvalue weighted by Gasteiger charge is 2.70. The molecule has 138 valence electrons. The van der Waals surface area contributed by atoms with E-state index in [1.54, 1.807) is 7.11 Å². The Morgan fingerprint density at radius 3 is 2.46 bits per heavy atom. The van der Waals surface area contributed by atoms with Crippen molar-refractivity contribution in [3.8, 4) is 0 Å². The van der Waals surface area contributed by atoms with Gasteiger partial charge in [0.15, 0.2) is 0 Å². The van der Waals surface area contributed by atoms with Crippen LogP contribution in [0.15, 0.2) is 0 Å². The molecule has 2 bridgehead atoms. The Kier molecular flexibility index (Phi) is 3.73. The van der Waals surface area contributed by atoms with Gasteiger partial charge in [-0.2, -0.15) is 0 Å². The normalized spacial score (nSPS) is 59.8. The molecule has 3 N–H and O–H groups in total. The van der Waals surface area contributed by atoms with Gasteiger partial charge in [0.05, 0.1) is 23.9 Å². The van der Waals surface area contributed by atoms with E-state index in [9.17, 15) is 15.3 Å². The molecule has 4 heteroatoms. The van der Waals surface area contributed by atoms with Crippen molar-refractivity contribution in [3.63, 3.8) is 0 Å². The molecule has 4 fully saturated rings. The average Bonchev–Trinajstić information content (AvgIpc) is 2.93. The zero-order valence-corrected chi connectivity index (χ0v) is 15.4. The molecule has 4 rings (SSSR count). The van der Waals surface area contributed by atoms with Crippen LogP contribution in [-0.2, 0) is 4.74 Å². The lowest BCUT2D eigenvalue weighted by Gasteiger charge is -2.66. The lowest BCUT2D eigenvalue weighted by Crippen LogP contribution is -2.65. The van der Waals surface area contributed by atoms with E-state index in [2.05, 4.69) is 13.8 Å². The summed E-state index contributed by atoms with van der Waals surface area (Å²) in [4.78, 5) is 0. The van der Waals surface area contributed by atoms with Crippen LogP contribution in [0.3, 0.4) is 0 Å². The molecule has 0 saturated heterocycles. The van der Waals surface area contributed by atoms with E-state index in [1.807, 2.05) is 0 Å². The molecular formula is C20H34O4. The summed E-state index contributed by atoms with van der Waals surface area (Å²) in [5, 5.41) is 31.3. The fourth-order valence-electron chi connectivity index (χ4n) is 7.81. The highest BCUT2D eigenvalue weighted by atomic mass is 16.5. The highest BCUT2D eigenvalue weighted by molar-refractivity contribution is 5.20. The molecule has 0 aromatic heterocycles. The first kappa shape index (κ1) is 17.3. The fourth-order valence-corrected chi connectivity index (χ4v) is 7.81. The SMILES string of the molecule is CO[C@@]1(C)C2CC[C@H]3CC4CC3(CC[C@]4(O)CO)[C@@]2(C)CC[C@H]1O. The van der Waals surface area contributed by atoms with E-state index in [0.29, 0.717) is 11.8 Å². The maximum Gasteiger partial charge on any atom is 0.0941 e. The number of methoxy groups -OCH3 is 1. The first-order valence-corrected chi connectivity index (χ1v) is 9.82. The van der Waals surface area contributed by atoms with Gasteiger partial charge in [0.2, 0.25) is 0 Å². The van der Waals surface area contributed by atoms with Crippen LogP contribution in [0, 0.1) is 28.6 Å². The van der Waals surface area contributed by atoms with Gasteiger partial charge in [0.25, 0.3) is 0 Å². The Labute approximate surface area is 145 Å². The van der Waals surface area contributed by atoms with Crippen molar-refractivity contribution in [2.24, 2.45) is 28.6 Å². The zero-order valence-electron chi connectivity index (χ0n) is 15.4. The van der Waals surface area contributed by atoms with Crippen LogP contribution in [0.5, 0.6) is 0 Å². The third-order valence-corrected chi connectivity index (χ3v) is 9.44. The lowest BCUT2D eigenvalue weighted by atomic mass is 9.41. The maximum absolute atomic E-state index is 10.9. The van der Waals surface area contributed by atoms with Crippen LogP contribution in [0.25, 0.3) is 0 Å². The molecule has 1 spiro atoms. The Balaban J connectivity index is 1.74. The molecule has 0 heterocycles. The second-order valence-electron chi connectivity index (χ2n) is 9.74. The quantitative estimate of drug-likeness (QED) is 0.723. The molecule has 0 aliphatic heterocycles. The summed E-state index contributed by atoms with van der Waals surface area (Å²) < 4.78 is 5.93. The van der Waals surface area contributed by atoms with E-state index in [0.717, 1.165) is 44.9 Å². The molecule has 8 atom stereocenters. The number of hydrogen-bond acceptors (Lipinski definition) is 4. The monoisotopic (exact) mass is 338 g/mol. The second-order valence-corrected chi connectivity index (χ2v) is 9.74. The van der Waals surface area contributed by atoms with Crippen LogP contribution < -0.4 is 0 Å². The summed E-state index contributed by atoms with van der Waals surface area (Å²) in [6.07, 6.45) is 7.58. The zero-order chi connectivity index (χ0) is 17.4. The van der Waals surface area contributed by atoms with Crippen molar-refractivity contribution in [2.45, 2.75) is 82.5 Å². The van der Waals surface area contributed by atoms with E-state index in [1.165, 1.54) is 6.42 Å². The Morgan fingerprint density at radius 1 is 1.04 bits per heavy atom. The van der Waals surface area contributed by atoms with Crippen LogP contribution in [0.1, 0.15) is 65.2 Å². The molecule has 4 nitrogen and oxygen atoms in total. The van der Waals surface area contributed by atoms with Crippen LogP contribution in [0.4, 0.5) is 0 Å². The predicted octanol–water partition coefficient (Wildman–Crippen LogP) is 2.49. The van der Waals surface area contributed by atoms with Crippen LogP contribution in [0.2, 0.25) is 0 Å². The number of fused-ring (bicyclic) bond motifs is 2. The third kappa shape index (κ3) is 1.84. The van der Waals surface area contributed by atoms with Crippen molar-refractivity contribution >= 4 is 0 Å². The summed E-state index contributed by atoms with van der Waals surface area (Å²) >= 11 is 0. The van der Waals surface area contributed by atoms with E-state index in [-0.39, 0.29) is 29.5 Å². The minimum Gasteiger partial charge on any atom is -0.393 e. The van der Waals surface area contributed by atoms with Gasteiger partial charge in [-0.3, -0.25) is 0 Å². The summed E-state index contributed by atoms with van der Waals surface area (Å²) in [5.41, 5.74) is -0.921. The molecule has 0 aromatic rings. The van der Waals surface area contributed by atoms with E-state index < -0.39 is 11.2 Å². The second kappa shape index (κ2) is 5.18. The molecule has 4 aliphatic rings. The van der Waals surface area contributed by atoms with Crippen molar-refractivity contribution in [1.82, 2.24) is 0 Å². The fraction of sp³-hybridized carbons (Fsp3) is 1.00. The van der Waals surface area contributed by atoms with E-state index in [4.69, 9.17) is 4.74 Å². The molecule has 24 heavy (non-hydrogen) atoms. The largest absolute Gasteiger partial charge is 0.393 e. The van der Waals surface area contributed by atoms with Gasteiger partial charge >= 0.3 is 0 Å². The van der Waals surface area contributed by atoms with Gasteiger partial charge in [-0.15, -0.1) is 0 Å². The maximum atomic E-state index is 10.9. The van der Waals surface area contributed by atoms with Crippen molar-refractivity contribution < 1.29 is 20.1 Å². The summed E-state index contributed by atoms with van der Waals surface area (Å²) in [6.45, 7) is 4.45. The third-order valence-electron chi connectivity index (χ3n) is 9.44. The topological polar surface area (TPSA) is 69.9 Å². The van der Waals surface area contributed by atoms with Gasteiger partial charge in [-0.1, -0.05) is 6.92 Å². The average molecular weight is 338 g/mol.